The van der Waals surface area contributed by atoms with Gasteiger partial charge in [0.2, 0.25) is 5.91 Å². The summed E-state index contributed by atoms with van der Waals surface area (Å²) in [6.07, 6.45) is 5.23. The second-order valence-electron chi connectivity index (χ2n) is 4.94. The number of hydrogen-bond acceptors (Lipinski definition) is 3. The van der Waals surface area contributed by atoms with Crippen LogP contribution in [0.4, 0.5) is 5.69 Å². The molecule has 18 heavy (non-hydrogen) atoms. The SMILES string of the molecule is Cc1nc(C)c(NC(=O)C2CCCCC2)c(=O)[nH]1. The van der Waals surface area contributed by atoms with E-state index < -0.39 is 0 Å². The van der Waals surface area contributed by atoms with Gasteiger partial charge in [-0.15, -0.1) is 0 Å². The first-order valence-corrected chi connectivity index (χ1v) is 6.46. The molecule has 1 amide bonds. The Labute approximate surface area is 106 Å². The molecule has 0 unspecified atom stereocenters. The molecule has 1 heterocycles. The molecule has 1 aromatic rings. The molecule has 0 spiro atoms. The average molecular weight is 249 g/mol. The van der Waals surface area contributed by atoms with Gasteiger partial charge in [-0.2, -0.15) is 0 Å². The van der Waals surface area contributed by atoms with E-state index in [0.29, 0.717) is 11.5 Å². The van der Waals surface area contributed by atoms with E-state index in [1.54, 1.807) is 13.8 Å². The molecule has 0 bridgehead atoms. The number of carbonyl (C=O) groups is 1. The summed E-state index contributed by atoms with van der Waals surface area (Å²) < 4.78 is 0. The highest BCUT2D eigenvalue weighted by Crippen LogP contribution is 2.24. The third kappa shape index (κ3) is 2.78. The first-order chi connectivity index (χ1) is 8.58. The quantitative estimate of drug-likeness (QED) is 0.840. The fourth-order valence-corrected chi connectivity index (χ4v) is 2.46. The van der Waals surface area contributed by atoms with Crippen LogP contribution in [0.2, 0.25) is 0 Å². The lowest BCUT2D eigenvalue weighted by atomic mass is 9.88. The Hall–Kier alpha value is -1.65. The summed E-state index contributed by atoms with van der Waals surface area (Å²) in [6, 6.07) is 0. The molecule has 1 aromatic heterocycles. The Morgan fingerprint density at radius 3 is 2.56 bits per heavy atom. The average Bonchev–Trinajstić information content (AvgIpc) is 2.34. The van der Waals surface area contributed by atoms with Gasteiger partial charge in [-0.3, -0.25) is 9.59 Å². The molecule has 1 aliphatic rings. The van der Waals surface area contributed by atoms with Crippen molar-refractivity contribution < 1.29 is 4.79 Å². The van der Waals surface area contributed by atoms with Crippen molar-refractivity contribution in [3.8, 4) is 0 Å². The molecule has 0 aromatic carbocycles. The summed E-state index contributed by atoms with van der Waals surface area (Å²) in [6.45, 7) is 3.46. The molecule has 1 fully saturated rings. The normalized spacial score (nSPS) is 16.6. The van der Waals surface area contributed by atoms with Crippen molar-refractivity contribution in [1.29, 1.82) is 0 Å². The summed E-state index contributed by atoms with van der Waals surface area (Å²) in [5, 5.41) is 2.73. The molecular formula is C13H19N3O2. The second kappa shape index (κ2) is 5.33. The predicted octanol–water partition coefficient (Wildman–Crippen LogP) is 1.91. The predicted molar refractivity (Wildman–Crippen MR) is 69.5 cm³/mol. The van der Waals surface area contributed by atoms with Crippen molar-refractivity contribution >= 4 is 11.6 Å². The standard InChI is InChI=1S/C13H19N3O2/c1-8-11(13(18)15-9(2)14-8)16-12(17)10-6-4-3-5-7-10/h10H,3-7H2,1-2H3,(H,16,17)(H,14,15,18). The summed E-state index contributed by atoms with van der Waals surface area (Å²) in [7, 11) is 0. The van der Waals surface area contributed by atoms with E-state index in [9.17, 15) is 9.59 Å². The monoisotopic (exact) mass is 249 g/mol. The first-order valence-electron chi connectivity index (χ1n) is 6.46. The van der Waals surface area contributed by atoms with E-state index in [2.05, 4.69) is 15.3 Å². The van der Waals surface area contributed by atoms with E-state index in [-0.39, 0.29) is 23.1 Å². The Bertz CT molecular complexity index is 501. The third-order valence-corrected chi connectivity index (χ3v) is 3.44. The number of rotatable bonds is 2. The number of aryl methyl sites for hydroxylation is 2. The zero-order valence-electron chi connectivity index (χ0n) is 10.9. The molecular weight excluding hydrogens is 230 g/mol. The van der Waals surface area contributed by atoms with Crippen molar-refractivity contribution in [2.24, 2.45) is 5.92 Å². The smallest absolute Gasteiger partial charge is 0.274 e. The first kappa shape index (κ1) is 12.8. The van der Waals surface area contributed by atoms with Gasteiger partial charge in [0.15, 0.2) is 0 Å². The van der Waals surface area contributed by atoms with Crippen molar-refractivity contribution in [3.05, 3.63) is 21.9 Å². The Morgan fingerprint density at radius 2 is 1.94 bits per heavy atom. The van der Waals surface area contributed by atoms with Gasteiger partial charge in [0, 0.05) is 5.92 Å². The molecule has 1 aliphatic carbocycles. The van der Waals surface area contributed by atoms with E-state index >= 15 is 0 Å². The molecule has 2 rings (SSSR count). The maximum absolute atomic E-state index is 12.1. The number of aromatic amines is 1. The van der Waals surface area contributed by atoms with Crippen LogP contribution in [0, 0.1) is 19.8 Å². The molecule has 5 heteroatoms. The van der Waals surface area contributed by atoms with E-state index in [0.717, 1.165) is 25.7 Å². The third-order valence-electron chi connectivity index (χ3n) is 3.44. The zero-order chi connectivity index (χ0) is 13.1. The topological polar surface area (TPSA) is 74.8 Å². The number of H-pyrrole nitrogens is 1. The molecule has 0 radical (unpaired) electrons. The lowest BCUT2D eigenvalue weighted by molar-refractivity contribution is -0.120. The van der Waals surface area contributed by atoms with Crippen LogP contribution < -0.4 is 10.9 Å². The summed E-state index contributed by atoms with van der Waals surface area (Å²) in [4.78, 5) is 30.6. The minimum absolute atomic E-state index is 0.0406. The zero-order valence-corrected chi connectivity index (χ0v) is 10.9. The summed E-state index contributed by atoms with van der Waals surface area (Å²) >= 11 is 0. The van der Waals surface area contributed by atoms with Gasteiger partial charge < -0.3 is 10.3 Å². The van der Waals surface area contributed by atoms with E-state index in [1.165, 1.54) is 6.42 Å². The van der Waals surface area contributed by atoms with Gasteiger partial charge in [0.1, 0.15) is 11.5 Å². The van der Waals surface area contributed by atoms with Crippen molar-refractivity contribution in [2.45, 2.75) is 46.0 Å². The lowest BCUT2D eigenvalue weighted by Crippen LogP contribution is -2.29. The van der Waals surface area contributed by atoms with Gasteiger partial charge in [-0.05, 0) is 26.7 Å². The number of carbonyl (C=O) groups excluding carboxylic acids is 1. The van der Waals surface area contributed by atoms with Crippen LogP contribution in [0.3, 0.4) is 0 Å². The van der Waals surface area contributed by atoms with Crippen LogP contribution >= 0.6 is 0 Å². The highest BCUT2D eigenvalue weighted by Gasteiger charge is 2.22. The fourth-order valence-electron chi connectivity index (χ4n) is 2.46. The number of anilines is 1. The van der Waals surface area contributed by atoms with Gasteiger partial charge in [0.25, 0.3) is 5.56 Å². The molecule has 0 saturated heterocycles. The fraction of sp³-hybridized carbons (Fsp3) is 0.615. The van der Waals surface area contributed by atoms with Crippen LogP contribution in [-0.2, 0) is 4.79 Å². The second-order valence-corrected chi connectivity index (χ2v) is 4.94. The molecule has 0 atom stereocenters. The number of aromatic nitrogens is 2. The molecule has 5 nitrogen and oxygen atoms in total. The van der Waals surface area contributed by atoms with Gasteiger partial charge >= 0.3 is 0 Å². The Kier molecular flexibility index (Phi) is 3.79. The van der Waals surface area contributed by atoms with E-state index in [1.807, 2.05) is 0 Å². The van der Waals surface area contributed by atoms with Crippen molar-refractivity contribution in [2.75, 3.05) is 5.32 Å². The van der Waals surface area contributed by atoms with Crippen LogP contribution in [0.25, 0.3) is 0 Å². The van der Waals surface area contributed by atoms with Gasteiger partial charge in [-0.25, -0.2) is 4.98 Å². The minimum Gasteiger partial charge on any atom is -0.320 e. The lowest BCUT2D eigenvalue weighted by Gasteiger charge is -2.20. The maximum Gasteiger partial charge on any atom is 0.274 e. The van der Waals surface area contributed by atoms with Crippen LogP contribution in [0.1, 0.15) is 43.6 Å². The largest absolute Gasteiger partial charge is 0.320 e. The van der Waals surface area contributed by atoms with Crippen LogP contribution in [-0.4, -0.2) is 15.9 Å². The van der Waals surface area contributed by atoms with Crippen molar-refractivity contribution in [1.82, 2.24) is 9.97 Å². The highest BCUT2D eigenvalue weighted by atomic mass is 16.2. The number of amides is 1. The number of hydrogen-bond donors (Lipinski definition) is 2. The highest BCUT2D eigenvalue weighted by molar-refractivity contribution is 5.92. The summed E-state index contributed by atoms with van der Waals surface area (Å²) in [5.41, 5.74) is 0.584. The Morgan fingerprint density at radius 1 is 1.28 bits per heavy atom. The molecule has 1 saturated carbocycles. The number of nitrogens with zero attached hydrogens (tertiary/aromatic N) is 1. The minimum atomic E-state index is -0.274. The number of nitrogens with one attached hydrogen (secondary N) is 2. The molecule has 0 aliphatic heterocycles. The molecule has 98 valence electrons. The van der Waals surface area contributed by atoms with Gasteiger partial charge in [-0.1, -0.05) is 19.3 Å². The van der Waals surface area contributed by atoms with Crippen molar-refractivity contribution in [3.63, 3.8) is 0 Å². The molecule has 2 N–H and O–H groups in total. The maximum atomic E-state index is 12.1. The van der Waals surface area contributed by atoms with E-state index in [4.69, 9.17) is 0 Å². The Balaban J connectivity index is 2.14. The van der Waals surface area contributed by atoms with Gasteiger partial charge in [0.05, 0.1) is 5.69 Å². The van der Waals surface area contributed by atoms with Crippen LogP contribution in [0.5, 0.6) is 0 Å². The van der Waals surface area contributed by atoms with Crippen LogP contribution in [0.15, 0.2) is 4.79 Å². The summed E-state index contributed by atoms with van der Waals surface area (Å²) in [5.74, 6) is 0.556.